The van der Waals surface area contributed by atoms with Crippen molar-refractivity contribution in [1.29, 1.82) is 0 Å². The Labute approximate surface area is 114 Å². The molecule has 1 aromatic carbocycles. The number of nitrogens with one attached hydrogen (secondary N) is 1. The Hall–Kier alpha value is -2.18. The van der Waals surface area contributed by atoms with E-state index in [0.29, 0.717) is 13.0 Å². The highest BCUT2D eigenvalue weighted by molar-refractivity contribution is 5.70. The molecule has 1 fully saturated rings. The molecule has 0 aliphatic heterocycles. The number of halogens is 1. The molecule has 6 nitrogen and oxygen atoms in total. The number of anilines is 1. The Morgan fingerprint density at radius 2 is 2.25 bits per heavy atom. The molecular formula is C13H15FN2O4. The molecule has 0 radical (unpaired) electrons. The number of carboxylic acid groups (broad SMARTS) is 1. The second-order valence-electron chi connectivity index (χ2n) is 4.94. The molecule has 0 spiro atoms. The van der Waals surface area contributed by atoms with Crippen LogP contribution in [0.4, 0.5) is 15.8 Å². The molecule has 0 bridgehead atoms. The number of nitro groups is 1. The molecule has 0 heterocycles. The van der Waals surface area contributed by atoms with E-state index in [2.05, 4.69) is 5.32 Å². The molecule has 0 amide bonds. The molecule has 1 aliphatic rings. The van der Waals surface area contributed by atoms with E-state index in [1.807, 2.05) is 0 Å². The fourth-order valence-corrected chi connectivity index (χ4v) is 2.61. The Morgan fingerprint density at radius 1 is 1.50 bits per heavy atom. The van der Waals surface area contributed by atoms with Gasteiger partial charge >= 0.3 is 5.97 Å². The van der Waals surface area contributed by atoms with Crippen molar-refractivity contribution in [2.75, 3.05) is 11.9 Å². The van der Waals surface area contributed by atoms with Gasteiger partial charge in [0.05, 0.1) is 22.6 Å². The van der Waals surface area contributed by atoms with Gasteiger partial charge in [-0.2, -0.15) is 0 Å². The summed E-state index contributed by atoms with van der Waals surface area (Å²) in [6.07, 6.45) is 2.29. The summed E-state index contributed by atoms with van der Waals surface area (Å²) >= 11 is 0. The number of non-ortho nitro benzene ring substituents is 1. The van der Waals surface area contributed by atoms with E-state index in [9.17, 15) is 19.3 Å². The number of carboxylic acids is 1. The standard InChI is InChI=1S/C13H15FN2O4/c14-11-6-9(16(19)20)4-5-12(11)15-7-8-2-1-3-10(8)13(17)18/h4-6,8,10,15H,1-3,7H2,(H,17,18). The third-order valence-corrected chi connectivity index (χ3v) is 3.69. The summed E-state index contributed by atoms with van der Waals surface area (Å²) in [5.41, 5.74) is -0.149. The van der Waals surface area contributed by atoms with Gasteiger partial charge in [0.15, 0.2) is 5.82 Å². The second-order valence-corrected chi connectivity index (χ2v) is 4.94. The van der Waals surface area contributed by atoms with Crippen LogP contribution in [0.1, 0.15) is 19.3 Å². The Kier molecular flexibility index (Phi) is 4.16. The van der Waals surface area contributed by atoms with Gasteiger partial charge in [0.25, 0.3) is 5.69 Å². The van der Waals surface area contributed by atoms with Crippen LogP contribution < -0.4 is 5.32 Å². The van der Waals surface area contributed by atoms with Crippen LogP contribution in [0.3, 0.4) is 0 Å². The van der Waals surface area contributed by atoms with Crippen LogP contribution in [0.25, 0.3) is 0 Å². The largest absolute Gasteiger partial charge is 0.481 e. The summed E-state index contributed by atoms with van der Waals surface area (Å²) in [5.74, 6) is -1.96. The normalized spacial score (nSPS) is 21.6. The Morgan fingerprint density at radius 3 is 2.85 bits per heavy atom. The maximum Gasteiger partial charge on any atom is 0.306 e. The number of rotatable bonds is 5. The molecule has 20 heavy (non-hydrogen) atoms. The van der Waals surface area contributed by atoms with E-state index in [1.165, 1.54) is 12.1 Å². The lowest BCUT2D eigenvalue weighted by Gasteiger charge is -2.17. The summed E-state index contributed by atoms with van der Waals surface area (Å²) in [7, 11) is 0. The van der Waals surface area contributed by atoms with Crippen molar-refractivity contribution in [3.63, 3.8) is 0 Å². The summed E-state index contributed by atoms with van der Waals surface area (Å²) in [4.78, 5) is 20.9. The van der Waals surface area contributed by atoms with Crippen molar-refractivity contribution < 1.29 is 19.2 Å². The van der Waals surface area contributed by atoms with Gasteiger partial charge in [0, 0.05) is 12.6 Å². The maximum absolute atomic E-state index is 13.7. The molecule has 1 aliphatic carbocycles. The van der Waals surface area contributed by atoms with E-state index in [1.54, 1.807) is 0 Å². The third-order valence-electron chi connectivity index (χ3n) is 3.69. The second kappa shape index (κ2) is 5.85. The Bertz CT molecular complexity index is 535. The fraction of sp³-hybridized carbons (Fsp3) is 0.462. The van der Waals surface area contributed by atoms with E-state index in [0.717, 1.165) is 18.9 Å². The number of benzene rings is 1. The zero-order valence-corrected chi connectivity index (χ0v) is 10.7. The predicted octanol–water partition coefficient (Wildman–Crippen LogP) is 2.65. The van der Waals surface area contributed by atoms with Gasteiger partial charge in [0.2, 0.25) is 0 Å². The Balaban J connectivity index is 2.00. The minimum atomic E-state index is -0.821. The summed E-state index contributed by atoms with van der Waals surface area (Å²) < 4.78 is 13.7. The van der Waals surface area contributed by atoms with Crippen molar-refractivity contribution in [3.05, 3.63) is 34.1 Å². The number of hydrogen-bond acceptors (Lipinski definition) is 4. The van der Waals surface area contributed by atoms with E-state index in [4.69, 9.17) is 5.11 Å². The first-order valence-electron chi connectivity index (χ1n) is 6.39. The average Bonchev–Trinajstić information content (AvgIpc) is 2.85. The lowest BCUT2D eigenvalue weighted by molar-refractivity contribution is -0.385. The van der Waals surface area contributed by atoms with Crippen LogP contribution in [0.5, 0.6) is 0 Å². The topological polar surface area (TPSA) is 92.5 Å². The minimum absolute atomic E-state index is 0.0397. The zero-order chi connectivity index (χ0) is 14.7. The van der Waals surface area contributed by atoms with Gasteiger partial charge in [-0.15, -0.1) is 0 Å². The first-order valence-corrected chi connectivity index (χ1v) is 6.39. The third kappa shape index (κ3) is 3.04. The highest BCUT2D eigenvalue weighted by Crippen LogP contribution is 2.32. The summed E-state index contributed by atoms with van der Waals surface area (Å²) in [6.45, 7) is 0.353. The highest BCUT2D eigenvalue weighted by atomic mass is 19.1. The smallest absolute Gasteiger partial charge is 0.306 e. The predicted molar refractivity (Wildman–Crippen MR) is 70.0 cm³/mol. The lowest BCUT2D eigenvalue weighted by atomic mass is 9.96. The maximum atomic E-state index is 13.7. The lowest BCUT2D eigenvalue weighted by Crippen LogP contribution is -2.24. The van der Waals surface area contributed by atoms with Crippen molar-refractivity contribution >= 4 is 17.3 Å². The summed E-state index contributed by atoms with van der Waals surface area (Å²) in [5, 5.41) is 22.4. The van der Waals surface area contributed by atoms with Crippen LogP contribution in [0.15, 0.2) is 18.2 Å². The van der Waals surface area contributed by atoms with Gasteiger partial charge in [0.1, 0.15) is 0 Å². The van der Waals surface area contributed by atoms with Crippen molar-refractivity contribution in [1.82, 2.24) is 0 Å². The SMILES string of the molecule is O=C(O)C1CCCC1CNc1ccc([N+](=O)[O-])cc1F. The summed E-state index contributed by atoms with van der Waals surface area (Å²) in [6, 6.07) is 3.37. The molecule has 1 saturated carbocycles. The molecule has 2 N–H and O–H groups in total. The van der Waals surface area contributed by atoms with Crippen molar-refractivity contribution in [2.45, 2.75) is 19.3 Å². The van der Waals surface area contributed by atoms with Crippen LogP contribution >= 0.6 is 0 Å². The van der Waals surface area contributed by atoms with E-state index < -0.39 is 22.6 Å². The van der Waals surface area contributed by atoms with E-state index >= 15 is 0 Å². The molecular weight excluding hydrogens is 267 g/mol. The number of nitro benzene ring substituents is 1. The monoisotopic (exact) mass is 282 g/mol. The molecule has 2 atom stereocenters. The van der Waals surface area contributed by atoms with Gasteiger partial charge in [-0.05, 0) is 24.8 Å². The average molecular weight is 282 g/mol. The minimum Gasteiger partial charge on any atom is -0.481 e. The van der Waals surface area contributed by atoms with Gasteiger partial charge in [-0.1, -0.05) is 6.42 Å². The van der Waals surface area contributed by atoms with Crippen LogP contribution in [-0.2, 0) is 4.79 Å². The first kappa shape index (κ1) is 14.2. The molecule has 2 unspecified atom stereocenters. The molecule has 7 heteroatoms. The zero-order valence-electron chi connectivity index (χ0n) is 10.7. The van der Waals surface area contributed by atoms with Crippen LogP contribution in [0.2, 0.25) is 0 Å². The first-order chi connectivity index (χ1) is 9.49. The quantitative estimate of drug-likeness (QED) is 0.639. The molecule has 0 saturated heterocycles. The molecule has 1 aromatic rings. The van der Waals surface area contributed by atoms with Gasteiger partial charge < -0.3 is 10.4 Å². The number of aliphatic carboxylic acids is 1. The number of carbonyl (C=O) groups is 1. The van der Waals surface area contributed by atoms with Crippen molar-refractivity contribution in [2.24, 2.45) is 11.8 Å². The highest BCUT2D eigenvalue weighted by Gasteiger charge is 2.32. The molecule has 2 rings (SSSR count). The van der Waals surface area contributed by atoms with Crippen LogP contribution in [-0.4, -0.2) is 22.5 Å². The van der Waals surface area contributed by atoms with E-state index in [-0.39, 0.29) is 17.3 Å². The molecule has 108 valence electrons. The van der Waals surface area contributed by atoms with Crippen LogP contribution in [0, 0.1) is 27.8 Å². The number of hydrogen-bond donors (Lipinski definition) is 2. The van der Waals surface area contributed by atoms with Gasteiger partial charge in [-0.3, -0.25) is 14.9 Å². The molecule has 0 aromatic heterocycles. The van der Waals surface area contributed by atoms with Gasteiger partial charge in [-0.25, -0.2) is 4.39 Å². The fourth-order valence-electron chi connectivity index (χ4n) is 2.61. The number of nitrogens with zero attached hydrogens (tertiary/aromatic N) is 1. The van der Waals surface area contributed by atoms with Crippen molar-refractivity contribution in [3.8, 4) is 0 Å².